The summed E-state index contributed by atoms with van der Waals surface area (Å²) in [4.78, 5) is 13.9. The fourth-order valence-corrected chi connectivity index (χ4v) is 3.44. The number of benzene rings is 1. The number of likely N-dealkylation sites (tertiary alicyclic amines) is 1. The van der Waals surface area contributed by atoms with Crippen molar-refractivity contribution in [3.8, 4) is 5.75 Å². The maximum absolute atomic E-state index is 11.7. The van der Waals surface area contributed by atoms with E-state index >= 15 is 0 Å². The van der Waals surface area contributed by atoms with Crippen LogP contribution >= 0.6 is 0 Å². The van der Waals surface area contributed by atoms with Gasteiger partial charge in [0.05, 0.1) is 25.3 Å². The third kappa shape index (κ3) is 3.43. The zero-order valence-electron chi connectivity index (χ0n) is 14.1. The van der Waals surface area contributed by atoms with Gasteiger partial charge in [-0.25, -0.2) is 0 Å². The van der Waals surface area contributed by atoms with E-state index in [0.29, 0.717) is 6.54 Å². The van der Waals surface area contributed by atoms with Crippen LogP contribution in [0.4, 0.5) is 0 Å². The van der Waals surface area contributed by atoms with Crippen LogP contribution in [0.15, 0.2) is 36.5 Å². The Kier molecular flexibility index (Phi) is 4.85. The average molecular weight is 329 g/mol. The van der Waals surface area contributed by atoms with Crippen LogP contribution in [0, 0.1) is 12.8 Å². The summed E-state index contributed by atoms with van der Waals surface area (Å²) in [5, 5.41) is 14.0. The Labute approximate surface area is 141 Å². The number of methoxy groups -OCH3 is 1. The van der Waals surface area contributed by atoms with Crippen molar-refractivity contribution in [2.45, 2.75) is 19.4 Å². The third-order valence-corrected chi connectivity index (χ3v) is 4.67. The molecular weight excluding hydrogens is 306 g/mol. The quantitative estimate of drug-likeness (QED) is 0.878. The smallest absolute Gasteiger partial charge is 0.308 e. The standard InChI is InChI=1S/C18H23N3O3/c1-13-7-8-21(19-13)10-9-20-11-15(16(12-20)18(22)23)14-5-3-4-6-17(14)24-2/h3-8,15-16H,9-12H2,1-2H3,(H,22,23)/t15-,16+/m0/s1. The van der Waals surface area contributed by atoms with Crippen molar-refractivity contribution >= 4 is 5.97 Å². The maximum atomic E-state index is 11.7. The van der Waals surface area contributed by atoms with Gasteiger partial charge in [-0.1, -0.05) is 18.2 Å². The first-order valence-corrected chi connectivity index (χ1v) is 8.16. The van der Waals surface area contributed by atoms with Crippen LogP contribution in [0.1, 0.15) is 17.2 Å². The monoisotopic (exact) mass is 329 g/mol. The van der Waals surface area contributed by atoms with Gasteiger partial charge in [-0.05, 0) is 24.6 Å². The van der Waals surface area contributed by atoms with Gasteiger partial charge in [-0.2, -0.15) is 5.10 Å². The summed E-state index contributed by atoms with van der Waals surface area (Å²) in [6.45, 7) is 4.79. The van der Waals surface area contributed by atoms with Gasteiger partial charge in [0.2, 0.25) is 0 Å². The van der Waals surface area contributed by atoms with E-state index in [0.717, 1.165) is 36.6 Å². The van der Waals surface area contributed by atoms with Gasteiger partial charge in [-0.15, -0.1) is 0 Å². The summed E-state index contributed by atoms with van der Waals surface area (Å²) < 4.78 is 7.33. The Hall–Kier alpha value is -2.34. The minimum absolute atomic E-state index is 0.0574. The zero-order valence-corrected chi connectivity index (χ0v) is 14.1. The number of aromatic nitrogens is 2. The molecule has 24 heavy (non-hydrogen) atoms. The van der Waals surface area contributed by atoms with E-state index in [1.807, 2.05) is 48.1 Å². The Balaban J connectivity index is 1.73. The predicted molar refractivity (Wildman–Crippen MR) is 90.3 cm³/mol. The van der Waals surface area contributed by atoms with Crippen LogP contribution < -0.4 is 4.74 Å². The minimum Gasteiger partial charge on any atom is -0.496 e. The Morgan fingerprint density at radius 3 is 2.75 bits per heavy atom. The van der Waals surface area contributed by atoms with Crippen LogP contribution in [-0.2, 0) is 11.3 Å². The van der Waals surface area contributed by atoms with Gasteiger partial charge < -0.3 is 9.84 Å². The summed E-state index contributed by atoms with van der Waals surface area (Å²) >= 11 is 0. The Morgan fingerprint density at radius 2 is 2.08 bits per heavy atom. The largest absolute Gasteiger partial charge is 0.496 e. The molecule has 6 heteroatoms. The summed E-state index contributed by atoms with van der Waals surface area (Å²) in [6.07, 6.45) is 1.96. The number of carbonyl (C=O) groups is 1. The number of ether oxygens (including phenoxy) is 1. The van der Waals surface area contributed by atoms with E-state index in [2.05, 4.69) is 10.00 Å². The van der Waals surface area contributed by atoms with Crippen LogP contribution in [0.3, 0.4) is 0 Å². The minimum atomic E-state index is -0.747. The number of hydrogen-bond acceptors (Lipinski definition) is 4. The predicted octanol–water partition coefficient (Wildman–Crippen LogP) is 2.00. The van der Waals surface area contributed by atoms with Gasteiger partial charge >= 0.3 is 5.97 Å². The number of aliphatic carboxylic acids is 1. The number of para-hydroxylation sites is 1. The highest BCUT2D eigenvalue weighted by atomic mass is 16.5. The fourth-order valence-electron chi connectivity index (χ4n) is 3.44. The summed E-state index contributed by atoms with van der Waals surface area (Å²) in [7, 11) is 1.63. The number of nitrogens with zero attached hydrogens (tertiary/aromatic N) is 3. The molecule has 2 atom stereocenters. The lowest BCUT2D eigenvalue weighted by Crippen LogP contribution is -2.27. The molecule has 128 valence electrons. The average Bonchev–Trinajstić information content (AvgIpc) is 3.19. The van der Waals surface area contributed by atoms with Crippen molar-refractivity contribution in [1.29, 1.82) is 0 Å². The molecule has 1 aromatic heterocycles. The molecule has 3 rings (SSSR count). The molecule has 0 spiro atoms. The number of carboxylic acid groups (broad SMARTS) is 1. The van der Waals surface area contributed by atoms with E-state index in [9.17, 15) is 9.90 Å². The second-order valence-electron chi connectivity index (χ2n) is 6.27. The van der Waals surface area contributed by atoms with Crippen molar-refractivity contribution < 1.29 is 14.6 Å². The van der Waals surface area contributed by atoms with E-state index in [-0.39, 0.29) is 5.92 Å². The first-order valence-electron chi connectivity index (χ1n) is 8.16. The molecule has 0 radical (unpaired) electrons. The van der Waals surface area contributed by atoms with E-state index in [4.69, 9.17) is 4.74 Å². The molecule has 0 aliphatic carbocycles. The molecule has 0 saturated carbocycles. The van der Waals surface area contributed by atoms with Crippen molar-refractivity contribution in [3.05, 3.63) is 47.8 Å². The lowest BCUT2D eigenvalue weighted by Gasteiger charge is -2.18. The highest BCUT2D eigenvalue weighted by Crippen LogP contribution is 2.37. The highest BCUT2D eigenvalue weighted by molar-refractivity contribution is 5.72. The molecule has 2 heterocycles. The summed E-state index contributed by atoms with van der Waals surface area (Å²) in [5.41, 5.74) is 1.97. The van der Waals surface area contributed by atoms with Gasteiger partial charge in [0.1, 0.15) is 5.75 Å². The van der Waals surface area contributed by atoms with Crippen molar-refractivity contribution in [3.63, 3.8) is 0 Å². The summed E-state index contributed by atoms with van der Waals surface area (Å²) in [6, 6.07) is 9.68. The molecule has 0 bridgehead atoms. The number of aryl methyl sites for hydroxylation is 1. The molecule has 1 N–H and O–H groups in total. The van der Waals surface area contributed by atoms with E-state index in [1.54, 1.807) is 7.11 Å². The molecule has 0 unspecified atom stereocenters. The molecule has 1 aliphatic rings. The lowest BCUT2D eigenvalue weighted by molar-refractivity contribution is -0.141. The van der Waals surface area contributed by atoms with Crippen molar-refractivity contribution in [2.24, 2.45) is 5.92 Å². The van der Waals surface area contributed by atoms with Gasteiger partial charge in [-0.3, -0.25) is 14.4 Å². The second-order valence-corrected chi connectivity index (χ2v) is 6.27. The van der Waals surface area contributed by atoms with Crippen molar-refractivity contribution in [2.75, 3.05) is 26.7 Å². The molecule has 0 amide bonds. The third-order valence-electron chi connectivity index (χ3n) is 4.67. The molecule has 1 aromatic carbocycles. The van der Waals surface area contributed by atoms with Crippen LogP contribution in [0.2, 0.25) is 0 Å². The number of carboxylic acids is 1. The molecule has 1 fully saturated rings. The summed E-state index contributed by atoms with van der Waals surface area (Å²) in [5.74, 6) is -0.458. The number of rotatable bonds is 6. The number of hydrogen-bond donors (Lipinski definition) is 1. The first kappa shape index (κ1) is 16.5. The lowest BCUT2D eigenvalue weighted by atomic mass is 9.88. The zero-order chi connectivity index (χ0) is 17.1. The molecular formula is C18H23N3O3. The van der Waals surface area contributed by atoms with Crippen LogP contribution in [-0.4, -0.2) is 52.5 Å². The van der Waals surface area contributed by atoms with E-state index < -0.39 is 11.9 Å². The molecule has 1 aliphatic heterocycles. The first-order chi connectivity index (χ1) is 11.6. The van der Waals surface area contributed by atoms with Gasteiger partial charge in [0, 0.05) is 31.7 Å². The SMILES string of the molecule is COc1ccccc1[C@@H]1CN(CCn2ccc(C)n2)C[C@H]1C(=O)O. The molecule has 2 aromatic rings. The molecule has 1 saturated heterocycles. The Bertz CT molecular complexity index is 713. The highest BCUT2D eigenvalue weighted by Gasteiger charge is 2.39. The fraction of sp³-hybridized carbons (Fsp3) is 0.444. The topological polar surface area (TPSA) is 67.6 Å². The second kappa shape index (κ2) is 7.05. The maximum Gasteiger partial charge on any atom is 0.308 e. The molecule has 6 nitrogen and oxygen atoms in total. The van der Waals surface area contributed by atoms with Gasteiger partial charge in [0.25, 0.3) is 0 Å². The van der Waals surface area contributed by atoms with Crippen LogP contribution in [0.5, 0.6) is 5.75 Å². The van der Waals surface area contributed by atoms with Crippen molar-refractivity contribution in [1.82, 2.24) is 14.7 Å². The van der Waals surface area contributed by atoms with Crippen LogP contribution in [0.25, 0.3) is 0 Å². The van der Waals surface area contributed by atoms with Gasteiger partial charge in [0.15, 0.2) is 0 Å². The normalized spacial score (nSPS) is 21.1. The Morgan fingerprint density at radius 1 is 1.29 bits per heavy atom. The van der Waals surface area contributed by atoms with E-state index in [1.165, 1.54) is 0 Å².